The lowest BCUT2D eigenvalue weighted by atomic mass is 10.2. The van der Waals surface area contributed by atoms with E-state index < -0.39 is 5.97 Å². The van der Waals surface area contributed by atoms with Crippen molar-refractivity contribution >= 4 is 5.97 Å². The number of hydrogen-bond donors (Lipinski definition) is 2. The lowest BCUT2D eigenvalue weighted by Crippen LogP contribution is -1.99. The molecule has 0 bridgehead atoms. The molecule has 86 valence electrons. The number of aliphatic hydroxyl groups excluding tert-OH is 1. The fraction of sp³-hybridized carbons (Fsp3) is 0.364. The van der Waals surface area contributed by atoms with Gasteiger partial charge in [-0.25, -0.2) is 4.79 Å². The van der Waals surface area contributed by atoms with Crippen LogP contribution in [0.2, 0.25) is 0 Å². The number of nitrogens with zero attached hydrogens (tertiary/aromatic N) is 1. The zero-order valence-electron chi connectivity index (χ0n) is 9.64. The first-order valence-electron chi connectivity index (χ1n) is 4.38. The Labute approximate surface area is 90.8 Å². The predicted molar refractivity (Wildman–Crippen MR) is 61.2 cm³/mol. The molecule has 0 heterocycles. The molecular weight excluding hydrogens is 194 g/mol. The topological polar surface area (TPSA) is 60.8 Å². The molecule has 0 aliphatic heterocycles. The summed E-state index contributed by atoms with van der Waals surface area (Å²) in [6.07, 6.45) is 0. The van der Waals surface area contributed by atoms with E-state index in [1.54, 1.807) is 30.3 Å². The summed E-state index contributed by atoms with van der Waals surface area (Å²) in [4.78, 5) is 12.2. The van der Waals surface area contributed by atoms with Crippen molar-refractivity contribution in [1.29, 1.82) is 0 Å². The minimum Gasteiger partial charge on any atom is -0.478 e. The predicted octanol–water partition coefficient (Wildman–Crippen LogP) is 1.17. The Morgan fingerprint density at radius 3 is 1.60 bits per heavy atom. The summed E-state index contributed by atoms with van der Waals surface area (Å²) in [6.45, 7) is 0. The fourth-order valence-electron chi connectivity index (χ4n) is 0.581. The van der Waals surface area contributed by atoms with Crippen LogP contribution in [-0.4, -0.2) is 49.3 Å². The van der Waals surface area contributed by atoms with Crippen LogP contribution in [0.1, 0.15) is 10.4 Å². The lowest BCUT2D eigenvalue weighted by molar-refractivity contribution is 0.0697. The number of carbonyl (C=O) groups is 1. The average Bonchev–Trinajstić information content (AvgIpc) is 2.21. The van der Waals surface area contributed by atoms with E-state index in [0.717, 1.165) is 7.11 Å². The Balaban J connectivity index is 0. The van der Waals surface area contributed by atoms with Gasteiger partial charge in [-0.2, -0.15) is 0 Å². The van der Waals surface area contributed by atoms with Crippen molar-refractivity contribution in [2.45, 2.75) is 0 Å². The van der Waals surface area contributed by atoms with Crippen LogP contribution in [0.15, 0.2) is 30.3 Å². The van der Waals surface area contributed by atoms with E-state index >= 15 is 0 Å². The van der Waals surface area contributed by atoms with Crippen LogP contribution in [0.3, 0.4) is 0 Å². The van der Waals surface area contributed by atoms with Crippen LogP contribution >= 0.6 is 0 Å². The Morgan fingerprint density at radius 1 is 1.07 bits per heavy atom. The van der Waals surface area contributed by atoms with Crippen molar-refractivity contribution in [3.05, 3.63) is 35.9 Å². The molecule has 0 spiro atoms. The molecule has 0 radical (unpaired) electrons. The quantitative estimate of drug-likeness (QED) is 0.735. The first kappa shape index (κ1) is 16.1. The van der Waals surface area contributed by atoms with E-state index in [-0.39, 0.29) is 0 Å². The fourth-order valence-corrected chi connectivity index (χ4v) is 0.581. The molecule has 0 atom stereocenters. The molecular formula is C11H19NO3. The standard InChI is InChI=1S/C7H6O2.C3H9N.CH4O/c8-7(9)6-4-2-1-3-5-6;1-4(2)3;1-2/h1-5H,(H,8,9);1-3H3;2H,1H3. The van der Waals surface area contributed by atoms with Gasteiger partial charge in [-0.15, -0.1) is 0 Å². The first-order chi connectivity index (χ1) is 7.04. The van der Waals surface area contributed by atoms with Gasteiger partial charge in [0, 0.05) is 7.11 Å². The van der Waals surface area contributed by atoms with Gasteiger partial charge < -0.3 is 15.1 Å². The van der Waals surface area contributed by atoms with Crippen molar-refractivity contribution in [2.75, 3.05) is 28.3 Å². The molecule has 2 N–H and O–H groups in total. The molecule has 4 nitrogen and oxygen atoms in total. The number of benzene rings is 1. The van der Waals surface area contributed by atoms with E-state index in [9.17, 15) is 4.79 Å². The zero-order valence-corrected chi connectivity index (χ0v) is 9.64. The monoisotopic (exact) mass is 213 g/mol. The molecule has 0 aliphatic rings. The molecule has 0 unspecified atom stereocenters. The van der Waals surface area contributed by atoms with Crippen molar-refractivity contribution < 1.29 is 15.0 Å². The van der Waals surface area contributed by atoms with Gasteiger partial charge in [0.2, 0.25) is 0 Å². The van der Waals surface area contributed by atoms with Crippen molar-refractivity contribution in [1.82, 2.24) is 4.90 Å². The lowest BCUT2D eigenvalue weighted by Gasteiger charge is -1.90. The van der Waals surface area contributed by atoms with E-state index in [4.69, 9.17) is 10.2 Å². The molecule has 1 rings (SSSR count). The Hall–Kier alpha value is -1.39. The summed E-state index contributed by atoms with van der Waals surface area (Å²) >= 11 is 0. The van der Waals surface area contributed by atoms with Crippen LogP contribution in [0.4, 0.5) is 0 Å². The minimum atomic E-state index is -0.879. The molecule has 4 heteroatoms. The van der Waals surface area contributed by atoms with Crippen LogP contribution in [0, 0.1) is 0 Å². The molecule has 0 saturated carbocycles. The second-order valence-corrected chi connectivity index (χ2v) is 3.01. The summed E-state index contributed by atoms with van der Waals surface area (Å²) in [5.74, 6) is -0.879. The number of aliphatic hydroxyl groups is 1. The third-order valence-electron chi connectivity index (χ3n) is 1.02. The van der Waals surface area contributed by atoms with Crippen LogP contribution in [0.5, 0.6) is 0 Å². The van der Waals surface area contributed by atoms with Gasteiger partial charge in [0.15, 0.2) is 0 Å². The maximum Gasteiger partial charge on any atom is 0.335 e. The van der Waals surface area contributed by atoms with Crippen LogP contribution in [-0.2, 0) is 0 Å². The average molecular weight is 213 g/mol. The number of aromatic carboxylic acids is 1. The largest absolute Gasteiger partial charge is 0.478 e. The summed E-state index contributed by atoms with van der Waals surface area (Å²) in [6, 6.07) is 8.30. The second kappa shape index (κ2) is 10.7. The number of rotatable bonds is 1. The zero-order chi connectivity index (χ0) is 12.3. The Kier molecular flexibility index (Phi) is 11.4. The van der Waals surface area contributed by atoms with Gasteiger partial charge in [-0.05, 0) is 33.3 Å². The Bertz CT molecular complexity index is 245. The summed E-state index contributed by atoms with van der Waals surface area (Å²) < 4.78 is 0. The highest BCUT2D eigenvalue weighted by Crippen LogP contribution is 1.96. The number of hydrogen-bond acceptors (Lipinski definition) is 3. The molecule has 1 aromatic rings. The third-order valence-corrected chi connectivity index (χ3v) is 1.02. The summed E-state index contributed by atoms with van der Waals surface area (Å²) in [7, 11) is 7.00. The SMILES string of the molecule is CN(C)C.CO.O=C(O)c1ccccc1. The smallest absolute Gasteiger partial charge is 0.335 e. The summed E-state index contributed by atoms with van der Waals surface area (Å²) in [5.41, 5.74) is 0.331. The maximum atomic E-state index is 10.2. The van der Waals surface area contributed by atoms with Crippen molar-refractivity contribution in [3.63, 3.8) is 0 Å². The van der Waals surface area contributed by atoms with E-state index in [0.29, 0.717) is 5.56 Å². The summed E-state index contributed by atoms with van der Waals surface area (Å²) in [5, 5.41) is 15.4. The molecule has 0 saturated heterocycles. The molecule has 1 aromatic carbocycles. The van der Waals surface area contributed by atoms with Crippen LogP contribution in [0.25, 0.3) is 0 Å². The molecule has 0 fully saturated rings. The van der Waals surface area contributed by atoms with E-state index in [1.165, 1.54) is 0 Å². The van der Waals surface area contributed by atoms with Gasteiger partial charge in [0.25, 0.3) is 0 Å². The van der Waals surface area contributed by atoms with E-state index in [1.807, 2.05) is 26.0 Å². The second-order valence-electron chi connectivity index (χ2n) is 3.01. The van der Waals surface area contributed by atoms with Gasteiger partial charge >= 0.3 is 5.97 Å². The number of carboxylic acid groups (broad SMARTS) is 1. The Morgan fingerprint density at radius 2 is 1.40 bits per heavy atom. The van der Waals surface area contributed by atoms with E-state index in [2.05, 4.69) is 0 Å². The van der Waals surface area contributed by atoms with Gasteiger partial charge in [0.1, 0.15) is 0 Å². The molecule has 0 aromatic heterocycles. The molecule has 15 heavy (non-hydrogen) atoms. The molecule has 0 amide bonds. The third kappa shape index (κ3) is 12.6. The number of carboxylic acids is 1. The minimum absolute atomic E-state index is 0.331. The normalized spacial score (nSPS) is 8.13. The van der Waals surface area contributed by atoms with Crippen molar-refractivity contribution in [2.24, 2.45) is 0 Å². The van der Waals surface area contributed by atoms with Crippen LogP contribution < -0.4 is 0 Å². The van der Waals surface area contributed by atoms with Gasteiger partial charge in [0.05, 0.1) is 5.56 Å². The highest BCUT2D eigenvalue weighted by Gasteiger charge is 1.96. The van der Waals surface area contributed by atoms with Gasteiger partial charge in [-0.1, -0.05) is 18.2 Å². The maximum absolute atomic E-state index is 10.2. The van der Waals surface area contributed by atoms with Gasteiger partial charge in [-0.3, -0.25) is 0 Å². The highest BCUT2D eigenvalue weighted by atomic mass is 16.4. The van der Waals surface area contributed by atoms with Crippen molar-refractivity contribution in [3.8, 4) is 0 Å². The highest BCUT2D eigenvalue weighted by molar-refractivity contribution is 5.87. The first-order valence-corrected chi connectivity index (χ1v) is 4.38. The molecule has 0 aliphatic carbocycles.